The molecule has 2 saturated heterocycles. The summed E-state index contributed by atoms with van der Waals surface area (Å²) in [5.74, 6) is 4.11. The minimum atomic E-state index is -0.402. The number of piperazine rings is 1. The van der Waals surface area contributed by atoms with Crippen LogP contribution >= 0.6 is 0 Å². The molecule has 2 aliphatic heterocycles. The monoisotopic (exact) mass is 1120 g/mol. The number of hydrogen-bond acceptors (Lipinski definition) is 12. The van der Waals surface area contributed by atoms with Crippen LogP contribution < -0.4 is 31.1 Å². The topological polar surface area (TPSA) is 158 Å². The van der Waals surface area contributed by atoms with E-state index < -0.39 is 5.82 Å². The van der Waals surface area contributed by atoms with E-state index in [4.69, 9.17) is 25.9 Å². The zero-order valence-corrected chi connectivity index (χ0v) is 47.3. The number of nitriles is 1. The Morgan fingerprint density at radius 3 is 2.02 bits per heavy atom. The van der Waals surface area contributed by atoms with Crippen molar-refractivity contribution in [1.82, 2.24) is 38.0 Å². The van der Waals surface area contributed by atoms with Crippen LogP contribution in [0.4, 0.5) is 14.5 Å². The van der Waals surface area contributed by atoms with E-state index >= 15 is 0 Å². The molecular formula is C65H64F2N10O6. The maximum atomic E-state index is 14.9. The zero-order chi connectivity index (χ0) is 58.7. The van der Waals surface area contributed by atoms with Crippen LogP contribution in [0, 0.1) is 69.9 Å². The number of pyridine rings is 1. The van der Waals surface area contributed by atoms with Crippen LogP contribution in [0.2, 0.25) is 0 Å². The number of ether oxygens (including phenoxy) is 3. The van der Waals surface area contributed by atoms with E-state index in [9.17, 15) is 23.2 Å². The summed E-state index contributed by atoms with van der Waals surface area (Å²) in [6.07, 6.45) is 9.13. The van der Waals surface area contributed by atoms with E-state index in [1.165, 1.54) is 33.4 Å². The summed E-state index contributed by atoms with van der Waals surface area (Å²) in [5, 5.41) is 10.1. The lowest BCUT2D eigenvalue weighted by Gasteiger charge is -2.32. The van der Waals surface area contributed by atoms with Crippen molar-refractivity contribution in [2.24, 2.45) is 0 Å². The summed E-state index contributed by atoms with van der Waals surface area (Å²) < 4.78 is 52.9. The highest BCUT2D eigenvalue weighted by Crippen LogP contribution is 2.26. The number of nitrogens with zero attached hydrogens (tertiary/aromatic N) is 10. The van der Waals surface area contributed by atoms with Crippen molar-refractivity contribution < 1.29 is 23.0 Å². The Kier molecular flexibility index (Phi) is 18.5. The van der Waals surface area contributed by atoms with E-state index in [-0.39, 0.29) is 29.1 Å². The Morgan fingerprint density at radius 2 is 1.33 bits per heavy atom. The first-order valence-electron chi connectivity index (χ1n) is 27.1. The number of morpholine rings is 1. The van der Waals surface area contributed by atoms with Gasteiger partial charge in [0, 0.05) is 104 Å². The van der Waals surface area contributed by atoms with Gasteiger partial charge in [0.05, 0.1) is 53.1 Å². The Bertz CT molecular complexity index is 4090. The molecule has 11 rings (SSSR count). The molecule has 16 nitrogen and oxygen atoms in total. The molecule has 18 heteroatoms. The fourth-order valence-electron chi connectivity index (χ4n) is 9.97. The molecule has 6 heterocycles. The molecule has 2 aliphatic rings. The first kappa shape index (κ1) is 58.2. The van der Waals surface area contributed by atoms with Gasteiger partial charge in [-0.3, -0.25) is 33.0 Å². The highest BCUT2D eigenvalue weighted by molar-refractivity contribution is 5.82. The smallest absolute Gasteiger partial charge is 0.258 e. The van der Waals surface area contributed by atoms with Crippen LogP contribution in [0.1, 0.15) is 50.9 Å². The van der Waals surface area contributed by atoms with Crippen LogP contribution in [0.25, 0.3) is 28.0 Å². The number of anilines is 1. The normalized spacial score (nSPS) is 13.5. The second-order valence-electron chi connectivity index (χ2n) is 20.5. The number of hydrogen-bond donors (Lipinski definition) is 0. The molecule has 0 amide bonds. The maximum Gasteiger partial charge on any atom is 0.258 e. The molecule has 0 radical (unpaired) electrons. The molecule has 0 N–H and O–H groups in total. The lowest BCUT2D eigenvalue weighted by molar-refractivity contribution is 0.122. The number of aryl methyl sites for hydroxylation is 5. The van der Waals surface area contributed by atoms with E-state index in [0.29, 0.717) is 113 Å². The van der Waals surface area contributed by atoms with Gasteiger partial charge in [0.25, 0.3) is 16.7 Å². The first-order valence-corrected chi connectivity index (χ1v) is 27.1. The van der Waals surface area contributed by atoms with Gasteiger partial charge in [-0.25, -0.2) is 18.7 Å². The molecular weight excluding hydrogens is 1050 g/mol. The molecule has 0 saturated carbocycles. The van der Waals surface area contributed by atoms with Crippen LogP contribution in [0.5, 0.6) is 11.5 Å². The van der Waals surface area contributed by atoms with Crippen LogP contribution in [0.15, 0.2) is 154 Å². The Labute approximate surface area is 480 Å². The molecule has 5 aromatic carbocycles. The summed E-state index contributed by atoms with van der Waals surface area (Å²) in [6, 6.07) is 38.7. The number of rotatable bonds is 12. The molecule has 0 spiro atoms. The number of halogens is 2. The molecule has 0 unspecified atom stereocenters. The SMILES string of the molecule is C#Cc1cccc(OCc2nc(C)cc(=O)n2-c2ccc(N3CCOCC3)c(F)c2)c1.Cc1cc(=O)n(-c2ccc3ccn(COc4cccc(C#N)c4)c3c2)c(C)n1.Cc1cc(C)c(=O)n(-c2ccc(CN3CCN(C)CC3)c(F)c2)c1. The van der Waals surface area contributed by atoms with Gasteiger partial charge in [-0.1, -0.05) is 30.2 Å². The third-order valence-corrected chi connectivity index (χ3v) is 14.2. The Balaban J connectivity index is 0.000000151. The Morgan fingerprint density at radius 1 is 0.675 bits per heavy atom. The van der Waals surface area contributed by atoms with Crippen molar-refractivity contribution in [2.45, 2.75) is 54.5 Å². The third-order valence-electron chi connectivity index (χ3n) is 14.2. The van der Waals surface area contributed by atoms with Gasteiger partial charge in [-0.15, -0.1) is 6.42 Å². The largest absolute Gasteiger partial charge is 0.486 e. The van der Waals surface area contributed by atoms with Gasteiger partial charge in [-0.05, 0) is 138 Å². The van der Waals surface area contributed by atoms with Crippen molar-refractivity contribution in [3.63, 3.8) is 0 Å². The molecule has 0 bridgehead atoms. The zero-order valence-electron chi connectivity index (χ0n) is 47.3. The van der Waals surface area contributed by atoms with Crippen LogP contribution in [0.3, 0.4) is 0 Å². The number of fused-ring (bicyclic) bond motifs is 1. The minimum absolute atomic E-state index is 0.0256. The average molecular weight is 1120 g/mol. The summed E-state index contributed by atoms with van der Waals surface area (Å²) in [6.45, 7) is 16.3. The molecule has 0 atom stereocenters. The van der Waals surface area contributed by atoms with Crippen molar-refractivity contribution in [3.05, 3.63) is 233 Å². The summed E-state index contributed by atoms with van der Waals surface area (Å²) in [5.41, 5.74) is 7.48. The van der Waals surface area contributed by atoms with Crippen LogP contribution in [-0.2, 0) is 24.6 Å². The number of benzene rings is 5. The average Bonchev–Trinajstić information content (AvgIpc) is 3.93. The van der Waals surface area contributed by atoms with E-state index in [2.05, 4.69) is 38.8 Å². The first-order chi connectivity index (χ1) is 40.0. The maximum absolute atomic E-state index is 14.9. The van der Waals surface area contributed by atoms with Gasteiger partial charge in [-0.2, -0.15) is 5.26 Å². The van der Waals surface area contributed by atoms with E-state index in [1.54, 1.807) is 85.3 Å². The Hall–Kier alpha value is -9.46. The lowest BCUT2D eigenvalue weighted by atomic mass is 10.1. The summed E-state index contributed by atoms with van der Waals surface area (Å²) >= 11 is 0. The predicted molar refractivity (Wildman–Crippen MR) is 317 cm³/mol. The fraction of sp³-hybridized carbons (Fsp3) is 0.262. The molecule has 4 aromatic heterocycles. The van der Waals surface area contributed by atoms with Gasteiger partial charge in [0.1, 0.15) is 35.6 Å². The van der Waals surface area contributed by atoms with Crippen molar-refractivity contribution >= 4 is 16.6 Å². The van der Waals surface area contributed by atoms with E-state index in [1.807, 2.05) is 78.9 Å². The van der Waals surface area contributed by atoms with Gasteiger partial charge in [0.15, 0.2) is 12.6 Å². The predicted octanol–water partition coefficient (Wildman–Crippen LogP) is 9.13. The minimum Gasteiger partial charge on any atom is -0.486 e. The second-order valence-corrected chi connectivity index (χ2v) is 20.5. The van der Waals surface area contributed by atoms with Crippen molar-refractivity contribution in [2.75, 3.05) is 64.4 Å². The molecule has 83 heavy (non-hydrogen) atoms. The lowest BCUT2D eigenvalue weighted by Crippen LogP contribution is -2.44. The third kappa shape index (κ3) is 14.4. The molecule has 424 valence electrons. The van der Waals surface area contributed by atoms with Crippen molar-refractivity contribution in [3.8, 4) is 47.0 Å². The fourth-order valence-corrected chi connectivity index (χ4v) is 9.97. The number of aromatic nitrogens is 6. The van der Waals surface area contributed by atoms with Gasteiger partial charge >= 0.3 is 0 Å². The number of terminal acetylenes is 1. The summed E-state index contributed by atoms with van der Waals surface area (Å²) in [7, 11) is 2.11. The van der Waals surface area contributed by atoms with Gasteiger partial charge in [0.2, 0.25) is 0 Å². The number of likely N-dealkylation sites (N-methyl/N-ethyl adjacent to an activating group) is 1. The standard InChI is InChI=1S/C24H22FN3O3.C22H18N4O2.C19H24FN3O/c1-3-18-5-4-6-20(14-18)31-16-23-26-17(2)13-24(29)28(23)19-7-8-22(21(25)15-19)27-9-11-30-12-10-27;1-15-10-22(27)26(16(2)24-15)19-7-6-18-8-9-25(21(18)12-19)14-28-20-5-3-4-17(11-20)13-23;1-14-10-15(2)19(24)23(12-14)17-5-4-16(18(20)11-17)13-22-8-6-21(3)7-9-22/h1,4-8,13-15H,9-12,16H2,2H3;3-12H,14H2,1-2H3;4-5,10-12H,6-9,13H2,1-3H3. The van der Waals surface area contributed by atoms with E-state index in [0.717, 1.165) is 48.3 Å². The van der Waals surface area contributed by atoms with Gasteiger partial charge < -0.3 is 28.6 Å². The molecule has 0 aliphatic carbocycles. The molecule has 9 aromatic rings. The van der Waals surface area contributed by atoms with Crippen LogP contribution in [-0.4, -0.2) is 97.6 Å². The second kappa shape index (κ2) is 26.4. The van der Waals surface area contributed by atoms with Crippen molar-refractivity contribution in [1.29, 1.82) is 5.26 Å². The highest BCUT2D eigenvalue weighted by atomic mass is 19.1. The molecule has 2 fully saturated rings. The highest BCUT2D eigenvalue weighted by Gasteiger charge is 2.20. The summed E-state index contributed by atoms with van der Waals surface area (Å²) in [4.78, 5) is 52.8. The quantitative estimate of drug-likeness (QED) is 0.107.